The summed E-state index contributed by atoms with van der Waals surface area (Å²) in [6, 6.07) is 7.39. The van der Waals surface area contributed by atoms with E-state index in [4.69, 9.17) is 11.6 Å². The van der Waals surface area contributed by atoms with Crippen LogP contribution >= 0.6 is 11.6 Å². The van der Waals surface area contributed by atoms with E-state index in [1.807, 2.05) is 24.3 Å². The minimum atomic E-state index is 0.0665. The highest BCUT2D eigenvalue weighted by Gasteiger charge is 2.05. The lowest BCUT2D eigenvalue weighted by Gasteiger charge is -2.14. The summed E-state index contributed by atoms with van der Waals surface area (Å²) in [5.41, 5.74) is 2.42. The summed E-state index contributed by atoms with van der Waals surface area (Å²) in [5, 5.41) is 6.93. The normalized spacial score (nSPS) is 14.9. The van der Waals surface area contributed by atoms with E-state index in [-0.39, 0.29) is 5.91 Å². The number of nitrogens with one attached hydrogen (secondary N) is 2. The van der Waals surface area contributed by atoms with Crippen LogP contribution in [0.15, 0.2) is 35.9 Å². The number of hydrogen-bond acceptors (Lipinski definition) is 2. The van der Waals surface area contributed by atoms with Gasteiger partial charge in [0.15, 0.2) is 0 Å². The Labute approximate surface area is 119 Å². The van der Waals surface area contributed by atoms with Gasteiger partial charge in [0.05, 0.1) is 6.42 Å². The van der Waals surface area contributed by atoms with E-state index in [0.29, 0.717) is 11.4 Å². The van der Waals surface area contributed by atoms with Gasteiger partial charge in [0, 0.05) is 18.1 Å². The van der Waals surface area contributed by atoms with Crippen molar-refractivity contribution in [3.05, 3.63) is 46.5 Å². The number of benzene rings is 1. The molecule has 1 aromatic carbocycles. The first-order valence-corrected chi connectivity index (χ1v) is 7.01. The largest absolute Gasteiger partial charge is 0.355 e. The molecule has 0 aromatic heterocycles. The molecule has 1 aromatic rings. The van der Waals surface area contributed by atoms with Crippen LogP contribution in [0.3, 0.4) is 0 Å². The predicted octanol–water partition coefficient (Wildman–Crippen LogP) is 2.31. The standard InChI is InChI=1S/C15H19ClN2O/c16-14-3-1-13(2-4-14)11-15(19)18-10-7-12-5-8-17-9-6-12/h1-5,17H,6-11H2,(H,18,19). The molecular weight excluding hydrogens is 260 g/mol. The fourth-order valence-corrected chi connectivity index (χ4v) is 2.24. The molecule has 1 aliphatic rings. The molecule has 2 N–H and O–H groups in total. The lowest BCUT2D eigenvalue weighted by atomic mass is 10.1. The van der Waals surface area contributed by atoms with Crippen LogP contribution in [0.2, 0.25) is 5.02 Å². The Bertz CT molecular complexity index is 454. The second-order valence-electron chi connectivity index (χ2n) is 4.72. The van der Waals surface area contributed by atoms with Crippen molar-refractivity contribution in [3.63, 3.8) is 0 Å². The molecule has 1 aliphatic heterocycles. The second kappa shape index (κ2) is 7.31. The molecular formula is C15H19ClN2O. The van der Waals surface area contributed by atoms with E-state index in [0.717, 1.165) is 38.0 Å². The highest BCUT2D eigenvalue weighted by atomic mass is 35.5. The Balaban J connectivity index is 1.69. The number of halogens is 1. The van der Waals surface area contributed by atoms with E-state index in [1.54, 1.807) is 0 Å². The maximum absolute atomic E-state index is 11.8. The number of carbonyl (C=O) groups is 1. The minimum Gasteiger partial charge on any atom is -0.355 e. The third-order valence-corrected chi connectivity index (χ3v) is 3.46. The first kappa shape index (κ1) is 14.1. The van der Waals surface area contributed by atoms with Crippen LogP contribution in [0, 0.1) is 0 Å². The SMILES string of the molecule is O=C(Cc1ccc(Cl)cc1)NCCC1=CCNCC1. The number of amides is 1. The maximum Gasteiger partial charge on any atom is 0.224 e. The van der Waals surface area contributed by atoms with Crippen molar-refractivity contribution < 1.29 is 4.79 Å². The average molecular weight is 279 g/mol. The maximum atomic E-state index is 11.8. The highest BCUT2D eigenvalue weighted by Crippen LogP contribution is 2.10. The number of hydrogen-bond donors (Lipinski definition) is 2. The van der Waals surface area contributed by atoms with Gasteiger partial charge in [-0.15, -0.1) is 0 Å². The van der Waals surface area contributed by atoms with Gasteiger partial charge in [-0.1, -0.05) is 35.4 Å². The molecule has 19 heavy (non-hydrogen) atoms. The quantitative estimate of drug-likeness (QED) is 0.812. The van der Waals surface area contributed by atoms with E-state index < -0.39 is 0 Å². The van der Waals surface area contributed by atoms with Crippen molar-refractivity contribution in [2.45, 2.75) is 19.3 Å². The minimum absolute atomic E-state index is 0.0665. The van der Waals surface area contributed by atoms with E-state index in [1.165, 1.54) is 5.57 Å². The molecule has 3 nitrogen and oxygen atoms in total. The van der Waals surface area contributed by atoms with Crippen molar-refractivity contribution in [3.8, 4) is 0 Å². The van der Waals surface area contributed by atoms with E-state index in [2.05, 4.69) is 16.7 Å². The van der Waals surface area contributed by atoms with Gasteiger partial charge in [0.2, 0.25) is 5.91 Å². The zero-order valence-corrected chi connectivity index (χ0v) is 11.7. The lowest BCUT2D eigenvalue weighted by Crippen LogP contribution is -2.27. The van der Waals surface area contributed by atoms with Crippen molar-refractivity contribution >= 4 is 17.5 Å². The molecule has 0 fully saturated rings. The number of rotatable bonds is 5. The summed E-state index contributed by atoms with van der Waals surface area (Å²) in [7, 11) is 0. The van der Waals surface area contributed by atoms with Gasteiger partial charge < -0.3 is 10.6 Å². The van der Waals surface area contributed by atoms with Gasteiger partial charge in [0.25, 0.3) is 0 Å². The topological polar surface area (TPSA) is 41.1 Å². The molecule has 0 spiro atoms. The lowest BCUT2D eigenvalue weighted by molar-refractivity contribution is -0.120. The van der Waals surface area contributed by atoms with Crippen LogP contribution < -0.4 is 10.6 Å². The smallest absolute Gasteiger partial charge is 0.224 e. The molecule has 2 rings (SSSR count). The molecule has 1 amide bonds. The summed E-state index contributed by atoms with van der Waals surface area (Å²) >= 11 is 5.81. The Morgan fingerprint density at radius 2 is 2.11 bits per heavy atom. The Morgan fingerprint density at radius 3 is 2.79 bits per heavy atom. The van der Waals surface area contributed by atoms with Crippen LogP contribution in [0.1, 0.15) is 18.4 Å². The third kappa shape index (κ3) is 5.05. The summed E-state index contributed by atoms with van der Waals surface area (Å²) in [5.74, 6) is 0.0665. The van der Waals surface area contributed by atoms with Crippen molar-refractivity contribution in [1.82, 2.24) is 10.6 Å². The first-order chi connectivity index (χ1) is 9.24. The molecule has 0 unspecified atom stereocenters. The van der Waals surface area contributed by atoms with Crippen LogP contribution in [0.5, 0.6) is 0 Å². The van der Waals surface area contributed by atoms with E-state index >= 15 is 0 Å². The monoisotopic (exact) mass is 278 g/mol. The molecule has 0 bridgehead atoms. The van der Waals surface area contributed by atoms with E-state index in [9.17, 15) is 4.79 Å². The van der Waals surface area contributed by atoms with Crippen molar-refractivity contribution in [2.75, 3.05) is 19.6 Å². The second-order valence-corrected chi connectivity index (χ2v) is 5.16. The van der Waals surface area contributed by atoms with Crippen LogP contribution in [-0.2, 0) is 11.2 Å². The Kier molecular flexibility index (Phi) is 5.43. The summed E-state index contributed by atoms with van der Waals surface area (Å²) in [6.07, 6.45) is 4.67. The van der Waals surface area contributed by atoms with Gasteiger partial charge in [-0.3, -0.25) is 4.79 Å². The Hall–Kier alpha value is -1.32. The van der Waals surface area contributed by atoms with Crippen molar-refractivity contribution in [2.24, 2.45) is 0 Å². The molecule has 4 heteroatoms. The molecule has 0 atom stereocenters. The fraction of sp³-hybridized carbons (Fsp3) is 0.400. The average Bonchev–Trinajstić information content (AvgIpc) is 2.43. The first-order valence-electron chi connectivity index (χ1n) is 6.64. The fourth-order valence-electron chi connectivity index (χ4n) is 2.11. The summed E-state index contributed by atoms with van der Waals surface area (Å²) < 4.78 is 0. The Morgan fingerprint density at radius 1 is 1.32 bits per heavy atom. The van der Waals surface area contributed by atoms with Gasteiger partial charge >= 0.3 is 0 Å². The zero-order chi connectivity index (χ0) is 13.5. The van der Waals surface area contributed by atoms with Gasteiger partial charge in [-0.05, 0) is 37.1 Å². The predicted molar refractivity (Wildman–Crippen MR) is 78.4 cm³/mol. The highest BCUT2D eigenvalue weighted by molar-refractivity contribution is 6.30. The van der Waals surface area contributed by atoms with Gasteiger partial charge in [-0.2, -0.15) is 0 Å². The van der Waals surface area contributed by atoms with Crippen LogP contribution in [0.25, 0.3) is 0 Å². The summed E-state index contributed by atoms with van der Waals surface area (Å²) in [6.45, 7) is 2.72. The molecule has 0 saturated carbocycles. The third-order valence-electron chi connectivity index (χ3n) is 3.20. The van der Waals surface area contributed by atoms with Crippen LogP contribution in [-0.4, -0.2) is 25.5 Å². The zero-order valence-electron chi connectivity index (χ0n) is 10.9. The molecule has 1 heterocycles. The molecule has 0 radical (unpaired) electrons. The number of carbonyl (C=O) groups excluding carboxylic acids is 1. The van der Waals surface area contributed by atoms with Crippen molar-refractivity contribution in [1.29, 1.82) is 0 Å². The molecule has 0 aliphatic carbocycles. The molecule has 102 valence electrons. The van der Waals surface area contributed by atoms with Gasteiger partial charge in [0.1, 0.15) is 0 Å². The summed E-state index contributed by atoms with van der Waals surface area (Å²) in [4.78, 5) is 11.8. The van der Waals surface area contributed by atoms with Crippen LogP contribution in [0.4, 0.5) is 0 Å². The molecule has 0 saturated heterocycles. The van der Waals surface area contributed by atoms with Gasteiger partial charge in [-0.25, -0.2) is 0 Å².